The topological polar surface area (TPSA) is 63.5 Å². The summed E-state index contributed by atoms with van der Waals surface area (Å²) in [7, 11) is 2.02. The maximum Gasteiger partial charge on any atom is 0.410 e. The average molecular weight is 379 g/mol. The lowest BCUT2D eigenvalue weighted by Gasteiger charge is -2.36. The number of piperazine rings is 1. The predicted molar refractivity (Wildman–Crippen MR) is 107 cm³/mol. The van der Waals surface area contributed by atoms with E-state index in [9.17, 15) is 4.79 Å². The van der Waals surface area contributed by atoms with Gasteiger partial charge in [0.05, 0.1) is 11.4 Å². The van der Waals surface area contributed by atoms with E-state index >= 15 is 0 Å². The Morgan fingerprint density at radius 3 is 2.68 bits per heavy atom. The minimum Gasteiger partial charge on any atom is -0.446 e. The summed E-state index contributed by atoms with van der Waals surface area (Å²) in [5.41, 5.74) is 5.73. The van der Waals surface area contributed by atoms with E-state index in [0.717, 1.165) is 49.6 Å². The second-order valence-electron chi connectivity index (χ2n) is 7.88. The molecule has 1 saturated heterocycles. The number of carbonyl (C=O) groups excluding carboxylic acids is 1. The van der Waals surface area contributed by atoms with Crippen LogP contribution >= 0.6 is 0 Å². The molecule has 0 radical (unpaired) electrons. The van der Waals surface area contributed by atoms with Crippen molar-refractivity contribution in [3.8, 4) is 0 Å². The number of carbonyl (C=O) groups is 1. The van der Waals surface area contributed by atoms with Gasteiger partial charge in [-0.2, -0.15) is 0 Å². The molecular weight excluding hydrogens is 354 g/mol. The van der Waals surface area contributed by atoms with E-state index in [0.29, 0.717) is 13.1 Å². The van der Waals surface area contributed by atoms with Crippen LogP contribution in [0.5, 0.6) is 0 Å². The summed E-state index contributed by atoms with van der Waals surface area (Å²) in [6, 6.07) is 2.08. The number of anilines is 1. The summed E-state index contributed by atoms with van der Waals surface area (Å²) < 4.78 is 7.48. The summed E-state index contributed by atoms with van der Waals surface area (Å²) in [6.45, 7) is 5.02. The summed E-state index contributed by atoms with van der Waals surface area (Å²) >= 11 is 0. The summed E-state index contributed by atoms with van der Waals surface area (Å²) in [6.07, 6.45) is 9.04. The van der Waals surface area contributed by atoms with Crippen molar-refractivity contribution < 1.29 is 9.53 Å². The third-order valence-corrected chi connectivity index (χ3v) is 5.83. The number of pyridine rings is 1. The summed E-state index contributed by atoms with van der Waals surface area (Å²) in [5, 5.41) is 0. The summed E-state index contributed by atoms with van der Waals surface area (Å²) in [4.78, 5) is 25.6. The van der Waals surface area contributed by atoms with Gasteiger partial charge < -0.3 is 19.1 Å². The molecule has 0 unspecified atom stereocenters. The lowest BCUT2D eigenvalue weighted by atomic mass is 10.1. The number of rotatable bonds is 3. The molecule has 0 bridgehead atoms. The second-order valence-corrected chi connectivity index (χ2v) is 7.88. The second kappa shape index (κ2) is 6.65. The first kappa shape index (κ1) is 17.3. The van der Waals surface area contributed by atoms with Gasteiger partial charge in [0.25, 0.3) is 0 Å². The molecule has 2 aromatic rings. The zero-order valence-corrected chi connectivity index (χ0v) is 16.4. The van der Waals surface area contributed by atoms with Crippen LogP contribution in [-0.4, -0.2) is 57.8 Å². The van der Waals surface area contributed by atoms with Crippen molar-refractivity contribution in [2.45, 2.75) is 32.3 Å². The van der Waals surface area contributed by atoms with Crippen LogP contribution in [0.2, 0.25) is 0 Å². The van der Waals surface area contributed by atoms with Crippen molar-refractivity contribution in [2.24, 2.45) is 7.05 Å². The molecular formula is C21H25N5O2. The molecule has 146 valence electrons. The molecule has 0 N–H and O–H groups in total. The fourth-order valence-electron chi connectivity index (χ4n) is 3.90. The van der Waals surface area contributed by atoms with Crippen LogP contribution in [0.4, 0.5) is 10.5 Å². The number of amides is 1. The highest BCUT2D eigenvalue weighted by Gasteiger charge is 2.31. The van der Waals surface area contributed by atoms with Crippen LogP contribution in [-0.2, 0) is 18.2 Å². The van der Waals surface area contributed by atoms with Crippen LogP contribution in [0.25, 0.3) is 11.6 Å². The Bertz CT molecular complexity index is 932. The fraction of sp³-hybridized carbons (Fsp3) is 0.476. The third-order valence-electron chi connectivity index (χ3n) is 5.83. The van der Waals surface area contributed by atoms with Crippen molar-refractivity contribution in [3.05, 3.63) is 41.2 Å². The fourth-order valence-corrected chi connectivity index (χ4v) is 3.90. The van der Waals surface area contributed by atoms with E-state index in [-0.39, 0.29) is 12.2 Å². The molecule has 1 saturated carbocycles. The molecule has 2 aromatic heterocycles. The molecule has 2 aliphatic carbocycles. The quantitative estimate of drug-likeness (QED) is 0.820. The largest absolute Gasteiger partial charge is 0.446 e. The SMILES string of the molecule is Cc1nc(C2=Cc3c(N4CCN(C(=O)OC5CC5)CC4)ccnc3C2)cn1C. The Kier molecular flexibility index (Phi) is 4.10. The van der Waals surface area contributed by atoms with Crippen molar-refractivity contribution in [1.29, 1.82) is 0 Å². The number of hydrogen-bond acceptors (Lipinski definition) is 5. The first-order chi connectivity index (χ1) is 13.6. The van der Waals surface area contributed by atoms with Gasteiger partial charge in [0.2, 0.25) is 0 Å². The molecule has 3 heterocycles. The van der Waals surface area contributed by atoms with Crippen LogP contribution in [0, 0.1) is 6.92 Å². The number of nitrogens with zero attached hydrogens (tertiary/aromatic N) is 5. The van der Waals surface area contributed by atoms with Crippen molar-refractivity contribution >= 4 is 23.4 Å². The number of aryl methyl sites for hydroxylation is 2. The van der Waals surface area contributed by atoms with Crippen molar-refractivity contribution in [3.63, 3.8) is 0 Å². The van der Waals surface area contributed by atoms with E-state index in [1.54, 1.807) is 0 Å². The van der Waals surface area contributed by atoms with Crippen LogP contribution in [0.1, 0.15) is 35.6 Å². The zero-order chi connectivity index (χ0) is 19.3. The van der Waals surface area contributed by atoms with Gasteiger partial charge in [-0.05, 0) is 37.5 Å². The van der Waals surface area contributed by atoms with E-state index in [4.69, 9.17) is 4.74 Å². The number of imidazole rings is 1. The first-order valence-electron chi connectivity index (χ1n) is 9.98. The lowest BCUT2D eigenvalue weighted by Crippen LogP contribution is -2.49. The minimum atomic E-state index is -0.158. The molecule has 1 aliphatic heterocycles. The molecule has 7 nitrogen and oxygen atoms in total. The Balaban J connectivity index is 1.32. The Morgan fingerprint density at radius 2 is 2.00 bits per heavy atom. The number of fused-ring (bicyclic) bond motifs is 1. The van der Waals surface area contributed by atoms with E-state index in [1.165, 1.54) is 16.8 Å². The first-order valence-corrected chi connectivity index (χ1v) is 9.98. The van der Waals surface area contributed by atoms with Crippen LogP contribution < -0.4 is 4.90 Å². The Hall–Kier alpha value is -2.83. The molecule has 0 atom stereocenters. The van der Waals surface area contributed by atoms with Crippen molar-refractivity contribution in [2.75, 3.05) is 31.1 Å². The molecule has 5 rings (SSSR count). The van der Waals surface area contributed by atoms with Gasteiger partial charge in [0.1, 0.15) is 11.9 Å². The van der Waals surface area contributed by atoms with Gasteiger partial charge >= 0.3 is 6.09 Å². The standard InChI is InChI=1S/C21H25N5O2/c1-14-23-19(13-24(14)2)15-11-17-18(12-15)22-6-5-20(17)25-7-9-26(10-8-25)21(27)28-16-3-4-16/h5-6,11,13,16H,3-4,7-10,12H2,1-2H3. The molecule has 28 heavy (non-hydrogen) atoms. The Labute approximate surface area is 164 Å². The van der Waals surface area contributed by atoms with Gasteiger partial charge in [0.15, 0.2) is 0 Å². The van der Waals surface area contributed by atoms with E-state index in [2.05, 4.69) is 33.2 Å². The van der Waals surface area contributed by atoms with Gasteiger partial charge in [-0.1, -0.05) is 0 Å². The van der Waals surface area contributed by atoms with Gasteiger partial charge in [-0.15, -0.1) is 0 Å². The minimum absolute atomic E-state index is 0.158. The molecule has 0 spiro atoms. The predicted octanol–water partition coefficient (Wildman–Crippen LogP) is 2.64. The highest BCUT2D eigenvalue weighted by molar-refractivity contribution is 5.91. The lowest BCUT2D eigenvalue weighted by molar-refractivity contribution is 0.0939. The maximum absolute atomic E-state index is 12.2. The number of hydrogen-bond donors (Lipinski definition) is 0. The number of allylic oxidation sites excluding steroid dienone is 1. The molecule has 1 amide bonds. The molecule has 3 aliphatic rings. The van der Waals surface area contributed by atoms with Crippen molar-refractivity contribution in [1.82, 2.24) is 19.4 Å². The molecule has 7 heteroatoms. The molecule has 0 aromatic carbocycles. The average Bonchev–Trinajstić information content (AvgIpc) is 3.30. The van der Waals surface area contributed by atoms with E-state index in [1.807, 2.05) is 29.6 Å². The highest BCUT2D eigenvalue weighted by atomic mass is 16.6. The smallest absolute Gasteiger partial charge is 0.410 e. The van der Waals surface area contributed by atoms with E-state index < -0.39 is 0 Å². The van der Waals surface area contributed by atoms with Crippen LogP contribution in [0.15, 0.2) is 18.5 Å². The Morgan fingerprint density at radius 1 is 1.21 bits per heavy atom. The highest BCUT2D eigenvalue weighted by Crippen LogP contribution is 2.36. The number of ether oxygens (including phenoxy) is 1. The zero-order valence-electron chi connectivity index (χ0n) is 16.4. The number of aromatic nitrogens is 3. The summed E-state index contributed by atoms with van der Waals surface area (Å²) in [5.74, 6) is 1.01. The van der Waals surface area contributed by atoms with Crippen LogP contribution in [0.3, 0.4) is 0 Å². The van der Waals surface area contributed by atoms with Gasteiger partial charge in [-0.3, -0.25) is 4.98 Å². The maximum atomic E-state index is 12.2. The van der Waals surface area contributed by atoms with Gasteiger partial charge in [0, 0.05) is 63.3 Å². The normalized spacial score (nSPS) is 18.9. The monoisotopic (exact) mass is 379 g/mol. The third kappa shape index (κ3) is 3.15. The van der Waals surface area contributed by atoms with Gasteiger partial charge in [-0.25, -0.2) is 9.78 Å². The molecule has 2 fully saturated rings.